The highest BCUT2D eigenvalue weighted by molar-refractivity contribution is 5.61. The summed E-state index contributed by atoms with van der Waals surface area (Å²) in [7, 11) is 0. The molecule has 150 valence electrons. The molecular weight excluding hydrogens is 426 g/mol. The van der Waals surface area contributed by atoms with Crippen molar-refractivity contribution in [3.05, 3.63) is 79.5 Å². The van der Waals surface area contributed by atoms with Gasteiger partial charge in [-0.2, -0.15) is 0 Å². The summed E-state index contributed by atoms with van der Waals surface area (Å²) in [6.45, 7) is 3.32. The molecule has 0 aliphatic rings. The van der Waals surface area contributed by atoms with E-state index in [2.05, 4.69) is 64.0 Å². The Hall–Kier alpha value is -2.66. The van der Waals surface area contributed by atoms with Gasteiger partial charge in [0.2, 0.25) is 12.2 Å². The minimum atomic E-state index is 0. The van der Waals surface area contributed by atoms with Crippen molar-refractivity contribution >= 4 is 0 Å². The van der Waals surface area contributed by atoms with Crippen LogP contribution in [0.15, 0.2) is 83.9 Å². The second kappa shape index (κ2) is 10.2. The van der Waals surface area contributed by atoms with Crippen molar-refractivity contribution in [1.82, 2.24) is 9.55 Å². The zero-order valence-corrected chi connectivity index (χ0v) is 18.3. The predicted molar refractivity (Wildman–Crippen MR) is 111 cm³/mol. The lowest BCUT2D eigenvalue weighted by atomic mass is 10.2. The highest BCUT2D eigenvalue weighted by Crippen LogP contribution is 2.26. The third kappa shape index (κ3) is 5.24. The number of aryl methyl sites for hydroxylation is 1. The first-order chi connectivity index (χ1) is 13.8. The predicted octanol–water partition coefficient (Wildman–Crippen LogP) is 2.67. The number of unbranched alkanes of at least 4 members (excludes halogenated alkanes) is 3. The summed E-state index contributed by atoms with van der Waals surface area (Å²) in [5, 5.41) is 0. The summed E-state index contributed by atoms with van der Waals surface area (Å²) in [6.07, 6.45) is 13.3. The summed E-state index contributed by atoms with van der Waals surface area (Å²) in [5.41, 5.74) is 3.14. The maximum absolute atomic E-state index is 5.95. The molecule has 0 saturated carbocycles. The summed E-state index contributed by atoms with van der Waals surface area (Å²) >= 11 is 0. The van der Waals surface area contributed by atoms with E-state index in [-0.39, 0.29) is 17.0 Å². The van der Waals surface area contributed by atoms with Gasteiger partial charge in [-0.15, -0.1) is 0 Å². The minimum Gasteiger partial charge on any atom is -1.00 e. The van der Waals surface area contributed by atoms with Crippen molar-refractivity contribution in [1.29, 1.82) is 0 Å². The fourth-order valence-corrected chi connectivity index (χ4v) is 3.32. The van der Waals surface area contributed by atoms with Crippen LogP contribution in [0, 0.1) is 0 Å². The highest BCUT2D eigenvalue weighted by atomic mass is 79.9. The van der Waals surface area contributed by atoms with Gasteiger partial charge in [-0.3, -0.25) is 0 Å². The standard InChI is InChI=1S/C24H26N3O.BrH/c1-2-3-4-8-15-26-16-17-27(19-26)22-13-11-21(12-14-22)24-25-18-23(28-24)20-9-6-5-7-10-20;/h5-7,9-14,16-19H,2-4,8,15H2,1H3;1H/q+1;/p-1. The van der Waals surface area contributed by atoms with E-state index >= 15 is 0 Å². The molecule has 0 spiro atoms. The van der Waals surface area contributed by atoms with Crippen LogP contribution in [-0.4, -0.2) is 9.55 Å². The van der Waals surface area contributed by atoms with Crippen LogP contribution in [0.3, 0.4) is 0 Å². The molecule has 2 aromatic carbocycles. The number of halogens is 1. The normalized spacial score (nSPS) is 10.7. The molecule has 5 heteroatoms. The summed E-state index contributed by atoms with van der Waals surface area (Å²) in [5.74, 6) is 1.43. The Kier molecular flexibility index (Phi) is 7.42. The maximum Gasteiger partial charge on any atom is 0.248 e. The average Bonchev–Trinajstić information content (AvgIpc) is 3.42. The van der Waals surface area contributed by atoms with Crippen molar-refractivity contribution in [2.75, 3.05) is 0 Å². The first-order valence-corrected chi connectivity index (χ1v) is 10.0. The van der Waals surface area contributed by atoms with E-state index in [9.17, 15) is 0 Å². The first kappa shape index (κ1) is 21.1. The number of hydrogen-bond donors (Lipinski definition) is 0. The third-order valence-corrected chi connectivity index (χ3v) is 4.94. The van der Waals surface area contributed by atoms with Gasteiger partial charge in [0.1, 0.15) is 18.1 Å². The molecule has 0 unspecified atom stereocenters. The molecule has 0 aliphatic heterocycles. The summed E-state index contributed by atoms with van der Waals surface area (Å²) in [4.78, 5) is 4.44. The van der Waals surface area contributed by atoms with E-state index < -0.39 is 0 Å². The zero-order valence-electron chi connectivity index (χ0n) is 16.7. The monoisotopic (exact) mass is 451 g/mol. The highest BCUT2D eigenvalue weighted by Gasteiger charge is 2.10. The average molecular weight is 452 g/mol. The molecule has 0 amide bonds. The van der Waals surface area contributed by atoms with Crippen LogP contribution in [0.2, 0.25) is 0 Å². The lowest BCUT2D eigenvalue weighted by Gasteiger charge is -1.99. The van der Waals surface area contributed by atoms with Gasteiger partial charge in [0.15, 0.2) is 5.76 Å². The Morgan fingerprint density at radius 2 is 1.72 bits per heavy atom. The van der Waals surface area contributed by atoms with Crippen LogP contribution >= 0.6 is 0 Å². The second-order valence-electron chi connectivity index (χ2n) is 7.06. The molecular formula is C24H26BrN3O. The van der Waals surface area contributed by atoms with Gasteiger partial charge >= 0.3 is 0 Å². The van der Waals surface area contributed by atoms with Gasteiger partial charge in [0, 0.05) is 11.1 Å². The van der Waals surface area contributed by atoms with Crippen molar-refractivity contribution in [2.45, 2.75) is 39.2 Å². The van der Waals surface area contributed by atoms with E-state index in [1.54, 1.807) is 6.20 Å². The Balaban J connectivity index is 0.00000240. The molecule has 29 heavy (non-hydrogen) atoms. The summed E-state index contributed by atoms with van der Waals surface area (Å²) in [6, 6.07) is 18.4. The lowest BCUT2D eigenvalue weighted by Crippen LogP contribution is -3.00. The molecule has 0 fully saturated rings. The number of nitrogens with zero attached hydrogens (tertiary/aromatic N) is 3. The Bertz CT molecular complexity index is 1010. The van der Waals surface area contributed by atoms with Gasteiger partial charge in [-0.25, -0.2) is 14.1 Å². The van der Waals surface area contributed by atoms with Gasteiger partial charge in [-0.05, 0) is 37.1 Å². The van der Waals surface area contributed by atoms with Crippen LogP contribution in [0.4, 0.5) is 0 Å². The Morgan fingerprint density at radius 3 is 2.48 bits per heavy atom. The molecule has 4 aromatic rings. The van der Waals surface area contributed by atoms with Crippen molar-refractivity contribution in [3.63, 3.8) is 0 Å². The number of aromatic nitrogens is 3. The van der Waals surface area contributed by atoms with E-state index in [1.807, 2.05) is 30.3 Å². The Morgan fingerprint density at radius 1 is 0.931 bits per heavy atom. The fraction of sp³-hybridized carbons (Fsp3) is 0.250. The summed E-state index contributed by atoms with van der Waals surface area (Å²) < 4.78 is 10.3. The van der Waals surface area contributed by atoms with Crippen LogP contribution < -0.4 is 21.5 Å². The number of benzene rings is 2. The minimum absolute atomic E-state index is 0. The molecule has 0 atom stereocenters. The molecule has 4 rings (SSSR count). The number of rotatable bonds is 8. The molecule has 0 radical (unpaired) electrons. The van der Waals surface area contributed by atoms with Crippen molar-refractivity contribution < 1.29 is 26.0 Å². The Labute approximate surface area is 182 Å². The van der Waals surface area contributed by atoms with E-state index in [1.165, 1.54) is 25.7 Å². The number of imidazole rings is 1. The van der Waals surface area contributed by atoms with Gasteiger partial charge < -0.3 is 21.4 Å². The quantitative estimate of drug-likeness (QED) is 0.305. The molecule has 2 heterocycles. The van der Waals surface area contributed by atoms with Crippen LogP contribution in [0.25, 0.3) is 28.5 Å². The number of oxazole rings is 1. The van der Waals surface area contributed by atoms with E-state index in [4.69, 9.17) is 4.42 Å². The molecule has 2 aromatic heterocycles. The molecule has 0 aliphatic carbocycles. The molecule has 0 bridgehead atoms. The lowest BCUT2D eigenvalue weighted by molar-refractivity contribution is -0.696. The van der Waals surface area contributed by atoms with Crippen LogP contribution in [0.5, 0.6) is 0 Å². The first-order valence-electron chi connectivity index (χ1n) is 10.0. The molecule has 4 nitrogen and oxygen atoms in total. The van der Waals surface area contributed by atoms with Crippen LogP contribution in [0.1, 0.15) is 32.6 Å². The topological polar surface area (TPSA) is 34.8 Å². The van der Waals surface area contributed by atoms with Crippen LogP contribution in [-0.2, 0) is 6.54 Å². The molecule has 0 N–H and O–H groups in total. The van der Waals surface area contributed by atoms with E-state index in [0.29, 0.717) is 5.89 Å². The maximum atomic E-state index is 5.95. The van der Waals surface area contributed by atoms with E-state index in [0.717, 1.165) is 29.1 Å². The second-order valence-corrected chi connectivity index (χ2v) is 7.06. The van der Waals surface area contributed by atoms with Gasteiger partial charge in [-0.1, -0.05) is 50.1 Å². The SMILES string of the molecule is CCCCCC[n+]1ccn(-c2ccc(-c3ncc(-c4ccccc4)o3)cc2)c1.[Br-]. The number of hydrogen-bond acceptors (Lipinski definition) is 2. The smallest absolute Gasteiger partial charge is 0.248 e. The van der Waals surface area contributed by atoms with Crippen molar-refractivity contribution in [3.8, 4) is 28.5 Å². The van der Waals surface area contributed by atoms with Gasteiger partial charge in [0.25, 0.3) is 0 Å². The molecule has 0 saturated heterocycles. The largest absolute Gasteiger partial charge is 1.00 e. The zero-order chi connectivity index (χ0) is 19.2. The third-order valence-electron chi connectivity index (χ3n) is 4.94. The van der Waals surface area contributed by atoms with Crippen molar-refractivity contribution in [2.24, 2.45) is 0 Å². The van der Waals surface area contributed by atoms with Gasteiger partial charge in [0.05, 0.1) is 12.7 Å². The fourth-order valence-electron chi connectivity index (χ4n) is 3.32.